The zero-order chi connectivity index (χ0) is 16.2. The number of hydrogen-bond donors (Lipinski definition) is 1. The summed E-state index contributed by atoms with van der Waals surface area (Å²) in [6, 6.07) is 9.33. The van der Waals surface area contributed by atoms with E-state index in [0.717, 1.165) is 31.7 Å². The molecule has 1 aromatic carbocycles. The van der Waals surface area contributed by atoms with Gasteiger partial charge in [0.25, 0.3) is 0 Å². The quantitative estimate of drug-likeness (QED) is 0.875. The molecule has 1 aromatic heterocycles. The van der Waals surface area contributed by atoms with Crippen LogP contribution < -0.4 is 5.73 Å². The Labute approximate surface area is 135 Å². The lowest BCUT2D eigenvalue weighted by atomic mass is 10.0. The summed E-state index contributed by atoms with van der Waals surface area (Å²) in [5.41, 5.74) is 6.58. The van der Waals surface area contributed by atoms with E-state index in [1.807, 2.05) is 30.3 Å². The fourth-order valence-electron chi connectivity index (χ4n) is 2.98. The standard InChI is InChI=1S/C16H21N5O2/c1-12-18-14(19-23-12)11-20-7-9-21(10-8-20)15(16(17)22)13-5-3-2-4-6-13/h2-6,15H,7-11H2,1H3,(H2,17,22). The number of aromatic nitrogens is 2. The minimum absolute atomic E-state index is 0.307. The summed E-state index contributed by atoms with van der Waals surface area (Å²) < 4.78 is 5.00. The maximum Gasteiger partial charge on any atom is 0.239 e. The van der Waals surface area contributed by atoms with Crippen LogP contribution in [0, 0.1) is 6.92 Å². The smallest absolute Gasteiger partial charge is 0.239 e. The molecule has 23 heavy (non-hydrogen) atoms. The zero-order valence-corrected chi connectivity index (χ0v) is 13.2. The molecule has 1 fully saturated rings. The predicted molar refractivity (Wildman–Crippen MR) is 84.3 cm³/mol. The van der Waals surface area contributed by atoms with E-state index in [1.165, 1.54) is 0 Å². The highest BCUT2D eigenvalue weighted by Gasteiger charge is 2.29. The van der Waals surface area contributed by atoms with Gasteiger partial charge >= 0.3 is 0 Å². The first-order valence-electron chi connectivity index (χ1n) is 7.73. The highest BCUT2D eigenvalue weighted by Crippen LogP contribution is 2.22. The molecule has 0 aliphatic carbocycles. The number of piperazine rings is 1. The zero-order valence-electron chi connectivity index (χ0n) is 13.2. The first-order valence-corrected chi connectivity index (χ1v) is 7.73. The van der Waals surface area contributed by atoms with E-state index in [1.54, 1.807) is 6.92 Å². The van der Waals surface area contributed by atoms with Crippen LogP contribution in [0.2, 0.25) is 0 Å². The number of amides is 1. The molecule has 1 aliphatic heterocycles. The van der Waals surface area contributed by atoms with Crippen molar-refractivity contribution in [2.75, 3.05) is 26.2 Å². The number of carbonyl (C=O) groups excluding carboxylic acids is 1. The van der Waals surface area contributed by atoms with Gasteiger partial charge in [0.1, 0.15) is 6.04 Å². The second-order valence-electron chi connectivity index (χ2n) is 5.76. The molecule has 0 saturated carbocycles. The molecule has 122 valence electrons. The Balaban J connectivity index is 1.61. The Bertz CT molecular complexity index is 650. The number of primary amides is 1. The van der Waals surface area contributed by atoms with E-state index < -0.39 is 0 Å². The molecule has 2 heterocycles. The molecular formula is C16H21N5O2. The van der Waals surface area contributed by atoms with Crippen LogP contribution in [0.4, 0.5) is 0 Å². The lowest BCUT2D eigenvalue weighted by Crippen LogP contribution is -2.50. The average molecular weight is 315 g/mol. The molecule has 7 nitrogen and oxygen atoms in total. The van der Waals surface area contributed by atoms with Gasteiger partial charge in [-0.05, 0) is 5.56 Å². The average Bonchev–Trinajstić information content (AvgIpc) is 2.95. The van der Waals surface area contributed by atoms with Crippen molar-refractivity contribution in [2.24, 2.45) is 5.73 Å². The van der Waals surface area contributed by atoms with Gasteiger partial charge in [-0.2, -0.15) is 4.98 Å². The van der Waals surface area contributed by atoms with E-state index in [9.17, 15) is 4.79 Å². The topological polar surface area (TPSA) is 88.5 Å². The summed E-state index contributed by atoms with van der Waals surface area (Å²) in [4.78, 5) is 20.5. The van der Waals surface area contributed by atoms with Gasteiger partial charge in [-0.25, -0.2) is 0 Å². The summed E-state index contributed by atoms with van der Waals surface area (Å²) in [5, 5.41) is 3.92. The summed E-state index contributed by atoms with van der Waals surface area (Å²) in [6.07, 6.45) is 0. The van der Waals surface area contributed by atoms with E-state index in [4.69, 9.17) is 10.3 Å². The Hall–Kier alpha value is -2.25. The van der Waals surface area contributed by atoms with E-state index in [-0.39, 0.29) is 11.9 Å². The van der Waals surface area contributed by atoms with Gasteiger partial charge in [0.05, 0.1) is 6.54 Å². The van der Waals surface area contributed by atoms with Crippen LogP contribution in [0.1, 0.15) is 23.3 Å². The number of rotatable bonds is 5. The van der Waals surface area contributed by atoms with Crippen LogP contribution in [-0.2, 0) is 11.3 Å². The summed E-state index contributed by atoms with van der Waals surface area (Å²) in [6.45, 7) is 5.68. The molecule has 2 aromatic rings. The molecule has 1 amide bonds. The molecule has 3 rings (SSSR count). The maximum absolute atomic E-state index is 11.9. The van der Waals surface area contributed by atoms with Crippen LogP contribution in [0.25, 0.3) is 0 Å². The first kappa shape index (κ1) is 15.6. The van der Waals surface area contributed by atoms with Gasteiger partial charge in [0.2, 0.25) is 11.8 Å². The largest absolute Gasteiger partial charge is 0.368 e. The molecule has 1 aliphatic rings. The van der Waals surface area contributed by atoms with Crippen LogP contribution >= 0.6 is 0 Å². The maximum atomic E-state index is 11.9. The number of hydrogen-bond acceptors (Lipinski definition) is 6. The van der Waals surface area contributed by atoms with Crippen molar-refractivity contribution >= 4 is 5.91 Å². The molecule has 1 atom stereocenters. The van der Waals surface area contributed by atoms with Crippen LogP contribution in [0.5, 0.6) is 0 Å². The number of aryl methyl sites for hydroxylation is 1. The van der Waals surface area contributed by atoms with E-state index in [0.29, 0.717) is 18.3 Å². The summed E-state index contributed by atoms with van der Waals surface area (Å²) in [7, 11) is 0. The fourth-order valence-corrected chi connectivity index (χ4v) is 2.98. The SMILES string of the molecule is Cc1nc(CN2CCN(C(C(N)=O)c3ccccc3)CC2)no1. The number of benzene rings is 1. The summed E-state index contributed by atoms with van der Waals surface area (Å²) >= 11 is 0. The highest BCUT2D eigenvalue weighted by atomic mass is 16.5. The van der Waals surface area contributed by atoms with Gasteiger partial charge in [0, 0.05) is 33.1 Å². The minimum Gasteiger partial charge on any atom is -0.368 e. The molecular weight excluding hydrogens is 294 g/mol. The van der Waals surface area contributed by atoms with Crippen LogP contribution in [0.3, 0.4) is 0 Å². The van der Waals surface area contributed by atoms with Gasteiger partial charge in [-0.1, -0.05) is 35.5 Å². The second kappa shape index (κ2) is 6.89. The number of nitrogens with zero attached hydrogens (tertiary/aromatic N) is 4. The Morgan fingerprint density at radius 3 is 2.52 bits per heavy atom. The van der Waals surface area contributed by atoms with Gasteiger partial charge in [0.15, 0.2) is 5.82 Å². The minimum atomic E-state index is -0.370. The Morgan fingerprint density at radius 2 is 1.96 bits per heavy atom. The fraction of sp³-hybridized carbons (Fsp3) is 0.438. The van der Waals surface area contributed by atoms with Crippen molar-refractivity contribution in [1.82, 2.24) is 19.9 Å². The summed E-state index contributed by atoms with van der Waals surface area (Å²) in [5.74, 6) is 0.973. The van der Waals surface area contributed by atoms with Crippen molar-refractivity contribution in [3.05, 3.63) is 47.6 Å². The third-order valence-corrected chi connectivity index (χ3v) is 4.09. The van der Waals surface area contributed by atoms with Crippen molar-refractivity contribution in [3.8, 4) is 0 Å². The van der Waals surface area contributed by atoms with Crippen molar-refractivity contribution in [1.29, 1.82) is 0 Å². The molecule has 0 bridgehead atoms. The van der Waals surface area contributed by atoms with E-state index >= 15 is 0 Å². The Kier molecular flexibility index (Phi) is 4.68. The van der Waals surface area contributed by atoms with Gasteiger partial charge in [-0.15, -0.1) is 0 Å². The second-order valence-corrected chi connectivity index (χ2v) is 5.76. The van der Waals surface area contributed by atoms with Crippen LogP contribution in [-0.4, -0.2) is 52.0 Å². The van der Waals surface area contributed by atoms with Crippen molar-refractivity contribution < 1.29 is 9.32 Å². The molecule has 2 N–H and O–H groups in total. The third kappa shape index (κ3) is 3.75. The normalized spacial score (nSPS) is 18.0. The molecule has 0 spiro atoms. The third-order valence-electron chi connectivity index (χ3n) is 4.09. The van der Waals surface area contributed by atoms with Gasteiger partial charge in [-0.3, -0.25) is 14.6 Å². The monoisotopic (exact) mass is 315 g/mol. The van der Waals surface area contributed by atoms with Gasteiger partial charge < -0.3 is 10.3 Å². The predicted octanol–water partition coefficient (Wildman–Crippen LogP) is 0.722. The highest BCUT2D eigenvalue weighted by molar-refractivity contribution is 5.81. The van der Waals surface area contributed by atoms with Crippen LogP contribution in [0.15, 0.2) is 34.9 Å². The Morgan fingerprint density at radius 1 is 1.26 bits per heavy atom. The van der Waals surface area contributed by atoms with Crippen molar-refractivity contribution in [3.63, 3.8) is 0 Å². The number of carbonyl (C=O) groups is 1. The lowest BCUT2D eigenvalue weighted by molar-refractivity contribution is -0.124. The van der Waals surface area contributed by atoms with Crippen molar-refractivity contribution in [2.45, 2.75) is 19.5 Å². The van der Waals surface area contributed by atoms with E-state index in [2.05, 4.69) is 19.9 Å². The lowest BCUT2D eigenvalue weighted by Gasteiger charge is -2.37. The molecule has 7 heteroatoms. The molecule has 1 saturated heterocycles. The number of nitrogens with two attached hydrogens (primary N) is 1. The molecule has 0 radical (unpaired) electrons. The molecule has 1 unspecified atom stereocenters. The first-order chi connectivity index (χ1) is 11.1.